The van der Waals surface area contributed by atoms with Crippen molar-refractivity contribution in [2.75, 3.05) is 43.6 Å². The maximum Gasteiger partial charge on any atom is 0.246 e. The molecule has 0 aliphatic carbocycles. The Bertz CT molecular complexity index is 700. The van der Waals surface area contributed by atoms with Crippen molar-refractivity contribution in [2.24, 2.45) is 0 Å². The Morgan fingerprint density at radius 3 is 2.72 bits per heavy atom. The number of hydrogen-bond donors (Lipinski definition) is 1. The molecule has 0 unspecified atom stereocenters. The van der Waals surface area contributed by atoms with Gasteiger partial charge in [0.2, 0.25) is 5.91 Å². The van der Waals surface area contributed by atoms with Crippen LogP contribution in [-0.2, 0) is 16.0 Å². The molecule has 1 amide bonds. The molecule has 0 aromatic heterocycles. The van der Waals surface area contributed by atoms with E-state index in [0.29, 0.717) is 13.2 Å². The Morgan fingerprint density at radius 1 is 1.12 bits per heavy atom. The number of ether oxygens (including phenoxy) is 2. The number of benzene rings is 2. The van der Waals surface area contributed by atoms with E-state index in [4.69, 9.17) is 9.47 Å². The van der Waals surface area contributed by atoms with Crippen molar-refractivity contribution in [1.82, 2.24) is 0 Å². The summed E-state index contributed by atoms with van der Waals surface area (Å²) < 4.78 is 10.5. The van der Waals surface area contributed by atoms with E-state index in [9.17, 15) is 4.79 Å². The van der Waals surface area contributed by atoms with Crippen LogP contribution in [0, 0.1) is 0 Å². The normalized spacial score (nSPS) is 13.2. The highest BCUT2D eigenvalue weighted by atomic mass is 16.5. The maximum absolute atomic E-state index is 12.6. The summed E-state index contributed by atoms with van der Waals surface area (Å²) in [6, 6.07) is 15.8. The quantitative estimate of drug-likeness (QED) is 0.787. The van der Waals surface area contributed by atoms with Gasteiger partial charge in [0.25, 0.3) is 0 Å². The van der Waals surface area contributed by atoms with Crippen LogP contribution in [0.15, 0.2) is 48.5 Å². The summed E-state index contributed by atoms with van der Waals surface area (Å²) in [7, 11) is 1.65. The predicted octanol–water partition coefficient (Wildman–Crippen LogP) is 3.10. The van der Waals surface area contributed by atoms with Gasteiger partial charge in [0.05, 0.1) is 13.2 Å². The highest BCUT2D eigenvalue weighted by Crippen LogP contribution is 2.26. The Morgan fingerprint density at radius 2 is 1.92 bits per heavy atom. The van der Waals surface area contributed by atoms with Gasteiger partial charge >= 0.3 is 0 Å². The summed E-state index contributed by atoms with van der Waals surface area (Å²) in [5.74, 6) is 0.881. The Balaban J connectivity index is 1.54. The number of aryl methyl sites for hydroxylation is 1. The lowest BCUT2D eigenvalue weighted by atomic mass is 10.0. The molecule has 0 saturated carbocycles. The minimum Gasteiger partial charge on any atom is -0.491 e. The van der Waals surface area contributed by atoms with E-state index in [0.717, 1.165) is 36.5 Å². The van der Waals surface area contributed by atoms with Crippen LogP contribution in [0.5, 0.6) is 5.75 Å². The van der Waals surface area contributed by atoms with Crippen molar-refractivity contribution in [3.63, 3.8) is 0 Å². The zero-order valence-electron chi connectivity index (χ0n) is 14.5. The first kappa shape index (κ1) is 17.3. The average Bonchev–Trinajstić information content (AvgIpc) is 2.67. The van der Waals surface area contributed by atoms with E-state index in [-0.39, 0.29) is 12.5 Å². The van der Waals surface area contributed by atoms with Gasteiger partial charge in [-0.25, -0.2) is 0 Å². The first-order valence-corrected chi connectivity index (χ1v) is 8.62. The van der Waals surface area contributed by atoms with Crippen molar-refractivity contribution in [1.29, 1.82) is 0 Å². The van der Waals surface area contributed by atoms with E-state index >= 15 is 0 Å². The highest BCUT2D eigenvalue weighted by Gasteiger charge is 2.21. The molecule has 132 valence electrons. The third-order valence-corrected chi connectivity index (χ3v) is 4.27. The summed E-state index contributed by atoms with van der Waals surface area (Å²) in [6.45, 7) is 2.14. The van der Waals surface area contributed by atoms with Crippen molar-refractivity contribution < 1.29 is 14.3 Å². The third kappa shape index (κ3) is 4.51. The highest BCUT2D eigenvalue weighted by molar-refractivity contribution is 5.97. The Kier molecular flexibility index (Phi) is 5.90. The van der Waals surface area contributed by atoms with Gasteiger partial charge < -0.3 is 19.7 Å². The molecule has 3 rings (SSSR count). The molecule has 0 atom stereocenters. The minimum atomic E-state index is 0.0903. The molecule has 1 N–H and O–H groups in total. The summed E-state index contributed by atoms with van der Waals surface area (Å²) in [5, 5.41) is 3.20. The lowest BCUT2D eigenvalue weighted by Gasteiger charge is -2.29. The van der Waals surface area contributed by atoms with Crippen LogP contribution in [0.3, 0.4) is 0 Å². The predicted molar refractivity (Wildman–Crippen MR) is 99.4 cm³/mol. The fraction of sp³-hybridized carbons (Fsp3) is 0.350. The van der Waals surface area contributed by atoms with Crippen LogP contribution in [0.1, 0.15) is 12.0 Å². The molecular formula is C20H24N2O3. The fourth-order valence-corrected chi connectivity index (χ4v) is 2.98. The van der Waals surface area contributed by atoms with Gasteiger partial charge in [0, 0.05) is 25.0 Å². The van der Waals surface area contributed by atoms with Crippen LogP contribution in [0.25, 0.3) is 0 Å². The topological polar surface area (TPSA) is 50.8 Å². The molecule has 2 aromatic rings. The van der Waals surface area contributed by atoms with E-state index in [1.54, 1.807) is 7.11 Å². The molecule has 0 fully saturated rings. The van der Waals surface area contributed by atoms with Crippen molar-refractivity contribution in [3.8, 4) is 5.75 Å². The molecule has 1 aliphatic rings. The van der Waals surface area contributed by atoms with Crippen LogP contribution in [0.4, 0.5) is 11.4 Å². The molecule has 2 aromatic carbocycles. The number of fused-ring (bicyclic) bond motifs is 1. The van der Waals surface area contributed by atoms with Crippen molar-refractivity contribution in [2.45, 2.75) is 12.8 Å². The second-order valence-electron chi connectivity index (χ2n) is 6.00. The number of anilines is 2. The van der Waals surface area contributed by atoms with Crippen LogP contribution in [0.2, 0.25) is 0 Å². The largest absolute Gasteiger partial charge is 0.491 e. The molecule has 0 bridgehead atoms. The zero-order chi connectivity index (χ0) is 17.5. The van der Waals surface area contributed by atoms with E-state index < -0.39 is 0 Å². The van der Waals surface area contributed by atoms with Gasteiger partial charge in [-0.15, -0.1) is 0 Å². The first-order valence-electron chi connectivity index (χ1n) is 8.62. The Labute approximate surface area is 148 Å². The van der Waals surface area contributed by atoms with Gasteiger partial charge in [0.1, 0.15) is 12.4 Å². The molecule has 1 heterocycles. The summed E-state index contributed by atoms with van der Waals surface area (Å²) in [4.78, 5) is 14.5. The van der Waals surface area contributed by atoms with Gasteiger partial charge in [-0.3, -0.25) is 4.79 Å². The molecule has 5 nitrogen and oxygen atoms in total. The smallest absolute Gasteiger partial charge is 0.246 e. The van der Waals surface area contributed by atoms with Gasteiger partial charge in [-0.1, -0.05) is 18.2 Å². The number of carbonyl (C=O) groups is 1. The number of para-hydroxylation sites is 1. The summed E-state index contributed by atoms with van der Waals surface area (Å²) >= 11 is 0. The second kappa shape index (κ2) is 8.53. The first-order chi connectivity index (χ1) is 12.3. The van der Waals surface area contributed by atoms with Crippen LogP contribution in [-0.4, -0.2) is 39.3 Å². The molecule has 1 aliphatic heterocycles. The van der Waals surface area contributed by atoms with Gasteiger partial charge in [-0.2, -0.15) is 0 Å². The lowest BCUT2D eigenvalue weighted by molar-refractivity contribution is -0.117. The maximum atomic E-state index is 12.6. The number of hydrogen-bond acceptors (Lipinski definition) is 4. The monoisotopic (exact) mass is 340 g/mol. The summed E-state index contributed by atoms with van der Waals surface area (Å²) in [6.07, 6.45) is 2.05. The molecular weight excluding hydrogens is 316 g/mol. The minimum absolute atomic E-state index is 0.0903. The number of nitrogens with one attached hydrogen (secondary N) is 1. The number of carbonyl (C=O) groups excluding carboxylic acids is 1. The van der Waals surface area contributed by atoms with Crippen molar-refractivity contribution in [3.05, 3.63) is 54.1 Å². The molecule has 25 heavy (non-hydrogen) atoms. The molecule has 0 saturated heterocycles. The van der Waals surface area contributed by atoms with E-state index in [1.165, 1.54) is 5.56 Å². The number of amides is 1. The number of methoxy groups -OCH3 is 1. The van der Waals surface area contributed by atoms with Gasteiger partial charge in [0.15, 0.2) is 0 Å². The Hall–Kier alpha value is -2.53. The van der Waals surface area contributed by atoms with Crippen LogP contribution < -0.4 is 15.0 Å². The SMILES string of the molecule is COCCOc1ccc(NCC(=O)N2CCCc3ccccc32)cc1. The third-order valence-electron chi connectivity index (χ3n) is 4.27. The number of nitrogens with zero attached hydrogens (tertiary/aromatic N) is 1. The zero-order valence-corrected chi connectivity index (χ0v) is 14.5. The summed E-state index contributed by atoms with van der Waals surface area (Å²) in [5.41, 5.74) is 3.19. The van der Waals surface area contributed by atoms with E-state index in [1.807, 2.05) is 47.4 Å². The molecule has 5 heteroatoms. The number of rotatable bonds is 7. The fourth-order valence-electron chi connectivity index (χ4n) is 2.98. The second-order valence-corrected chi connectivity index (χ2v) is 6.00. The van der Waals surface area contributed by atoms with Crippen molar-refractivity contribution >= 4 is 17.3 Å². The molecule has 0 radical (unpaired) electrons. The standard InChI is InChI=1S/C20H24N2O3/c1-24-13-14-25-18-10-8-17(9-11-18)21-15-20(23)22-12-4-6-16-5-2-3-7-19(16)22/h2-3,5,7-11,21H,4,6,12-15H2,1H3. The van der Waals surface area contributed by atoms with Gasteiger partial charge in [-0.05, 0) is 48.7 Å². The van der Waals surface area contributed by atoms with E-state index in [2.05, 4.69) is 11.4 Å². The molecule has 0 spiro atoms. The lowest BCUT2D eigenvalue weighted by Crippen LogP contribution is -2.39. The average molecular weight is 340 g/mol. The van der Waals surface area contributed by atoms with Crippen LogP contribution >= 0.6 is 0 Å².